The molecule has 0 saturated heterocycles. The molecular weight excluding hydrogens is 256 g/mol. The number of thiazole rings is 1. The fourth-order valence-electron chi connectivity index (χ4n) is 1.90. The van der Waals surface area contributed by atoms with E-state index in [1.807, 2.05) is 17.9 Å². The van der Waals surface area contributed by atoms with Gasteiger partial charge in [0, 0.05) is 29.1 Å². The van der Waals surface area contributed by atoms with Crippen LogP contribution in [-0.4, -0.2) is 21.8 Å². The molecule has 5 heteroatoms. The Hall–Kier alpha value is -1.20. The van der Waals surface area contributed by atoms with Crippen molar-refractivity contribution in [1.29, 1.82) is 0 Å². The molecule has 1 atom stereocenters. The molecule has 0 aromatic carbocycles. The maximum atomic E-state index is 4.78. The van der Waals surface area contributed by atoms with Crippen LogP contribution in [0.4, 0.5) is 0 Å². The molecule has 0 bridgehead atoms. The largest absolute Gasteiger partial charge is 0.307 e. The number of nitrogens with one attached hydrogen (secondary N) is 1. The van der Waals surface area contributed by atoms with Crippen molar-refractivity contribution in [2.24, 2.45) is 0 Å². The lowest BCUT2D eigenvalue weighted by Gasteiger charge is -2.15. The Kier molecular flexibility index (Phi) is 4.06. The molecular formula is C14H22N4S. The van der Waals surface area contributed by atoms with Gasteiger partial charge in [0.25, 0.3) is 0 Å². The minimum Gasteiger partial charge on any atom is -0.307 e. The molecule has 0 saturated carbocycles. The van der Waals surface area contributed by atoms with Crippen molar-refractivity contribution < 1.29 is 0 Å². The molecule has 4 nitrogen and oxygen atoms in total. The summed E-state index contributed by atoms with van der Waals surface area (Å²) in [6, 6.07) is 0.126. The maximum absolute atomic E-state index is 4.78. The van der Waals surface area contributed by atoms with Gasteiger partial charge in [-0.05, 0) is 14.0 Å². The van der Waals surface area contributed by atoms with Gasteiger partial charge in [-0.25, -0.2) is 4.98 Å². The lowest BCUT2D eigenvalue weighted by atomic mass is 9.93. The zero-order valence-electron chi connectivity index (χ0n) is 12.3. The lowest BCUT2D eigenvalue weighted by molar-refractivity contribution is 0.566. The molecule has 1 N–H and O–H groups in total. The van der Waals surface area contributed by atoms with Gasteiger partial charge in [0.05, 0.1) is 17.9 Å². The van der Waals surface area contributed by atoms with E-state index in [0.717, 1.165) is 17.2 Å². The monoisotopic (exact) mass is 278 g/mol. The molecule has 0 radical (unpaired) electrons. The molecule has 0 aliphatic heterocycles. The third-order valence-corrected chi connectivity index (χ3v) is 4.05. The number of aromatic nitrogens is 3. The standard InChI is InChI=1S/C14H22N4S/c1-6-18-8-10(7-16-18)12(15-5)13-17-11(9-19-13)14(2,3)4/h7-9,12,15H,6H2,1-5H3. The van der Waals surface area contributed by atoms with Gasteiger partial charge in [0.1, 0.15) is 5.01 Å². The Morgan fingerprint density at radius 2 is 2.16 bits per heavy atom. The Balaban J connectivity index is 2.29. The van der Waals surface area contributed by atoms with Crippen LogP contribution in [0.2, 0.25) is 0 Å². The minimum atomic E-state index is 0.0979. The topological polar surface area (TPSA) is 42.7 Å². The summed E-state index contributed by atoms with van der Waals surface area (Å²) in [6.07, 6.45) is 4.00. The maximum Gasteiger partial charge on any atom is 0.115 e. The Morgan fingerprint density at radius 3 is 2.63 bits per heavy atom. The first-order valence-electron chi connectivity index (χ1n) is 6.61. The van der Waals surface area contributed by atoms with Crippen molar-refractivity contribution in [3.8, 4) is 0 Å². The quantitative estimate of drug-likeness (QED) is 0.935. The highest BCUT2D eigenvalue weighted by atomic mass is 32.1. The van der Waals surface area contributed by atoms with Gasteiger partial charge in [-0.3, -0.25) is 4.68 Å². The molecule has 0 spiro atoms. The summed E-state index contributed by atoms with van der Waals surface area (Å²) in [5.41, 5.74) is 2.41. The average molecular weight is 278 g/mol. The zero-order chi connectivity index (χ0) is 14.0. The highest BCUT2D eigenvalue weighted by molar-refractivity contribution is 7.09. The molecule has 1 unspecified atom stereocenters. The van der Waals surface area contributed by atoms with E-state index in [-0.39, 0.29) is 11.5 Å². The van der Waals surface area contributed by atoms with Crippen LogP contribution in [0.3, 0.4) is 0 Å². The van der Waals surface area contributed by atoms with Gasteiger partial charge < -0.3 is 5.32 Å². The molecule has 0 aliphatic rings. The van der Waals surface area contributed by atoms with E-state index in [1.165, 1.54) is 5.56 Å². The Morgan fingerprint density at radius 1 is 1.42 bits per heavy atom. The Bertz CT molecular complexity index is 536. The van der Waals surface area contributed by atoms with E-state index in [4.69, 9.17) is 4.98 Å². The van der Waals surface area contributed by atoms with Gasteiger partial charge in [0.15, 0.2) is 0 Å². The van der Waals surface area contributed by atoms with Crippen LogP contribution in [0.25, 0.3) is 0 Å². The highest BCUT2D eigenvalue weighted by Crippen LogP contribution is 2.29. The molecule has 0 fully saturated rings. The van der Waals surface area contributed by atoms with Gasteiger partial charge in [-0.2, -0.15) is 5.10 Å². The second-order valence-corrected chi connectivity index (χ2v) is 6.56. The predicted molar refractivity (Wildman–Crippen MR) is 79.6 cm³/mol. The second kappa shape index (κ2) is 5.43. The summed E-state index contributed by atoms with van der Waals surface area (Å²) >= 11 is 1.71. The number of aryl methyl sites for hydroxylation is 1. The molecule has 0 amide bonds. The van der Waals surface area contributed by atoms with Crippen molar-refractivity contribution in [3.63, 3.8) is 0 Å². The molecule has 2 rings (SSSR count). The summed E-state index contributed by atoms with van der Waals surface area (Å²) in [5.74, 6) is 0. The molecule has 2 heterocycles. The third kappa shape index (κ3) is 3.04. The third-order valence-electron chi connectivity index (χ3n) is 3.14. The number of hydrogen-bond acceptors (Lipinski definition) is 4. The van der Waals surface area contributed by atoms with Crippen LogP contribution in [0.5, 0.6) is 0 Å². The average Bonchev–Trinajstić information content (AvgIpc) is 2.98. The van der Waals surface area contributed by atoms with E-state index in [0.29, 0.717) is 0 Å². The summed E-state index contributed by atoms with van der Waals surface area (Å²) in [6.45, 7) is 9.55. The summed E-state index contributed by atoms with van der Waals surface area (Å²) in [4.78, 5) is 4.78. The lowest BCUT2D eigenvalue weighted by Crippen LogP contribution is -2.18. The van der Waals surface area contributed by atoms with Crippen molar-refractivity contribution in [1.82, 2.24) is 20.1 Å². The van der Waals surface area contributed by atoms with Gasteiger partial charge >= 0.3 is 0 Å². The van der Waals surface area contributed by atoms with E-state index >= 15 is 0 Å². The molecule has 19 heavy (non-hydrogen) atoms. The summed E-state index contributed by atoms with van der Waals surface area (Å²) in [5, 5.41) is 10.9. The molecule has 0 aliphatic carbocycles. The first kappa shape index (κ1) is 14.2. The van der Waals surface area contributed by atoms with Gasteiger partial charge in [-0.15, -0.1) is 11.3 Å². The fourth-order valence-corrected chi connectivity index (χ4v) is 3.08. The van der Waals surface area contributed by atoms with Crippen LogP contribution < -0.4 is 5.32 Å². The van der Waals surface area contributed by atoms with Gasteiger partial charge in [0.2, 0.25) is 0 Å². The van der Waals surface area contributed by atoms with Crippen LogP contribution in [0, 0.1) is 0 Å². The Labute approximate surface area is 118 Å². The van der Waals surface area contributed by atoms with E-state index in [9.17, 15) is 0 Å². The van der Waals surface area contributed by atoms with Crippen molar-refractivity contribution >= 4 is 11.3 Å². The van der Waals surface area contributed by atoms with E-state index < -0.39 is 0 Å². The zero-order valence-corrected chi connectivity index (χ0v) is 13.1. The number of nitrogens with zero attached hydrogens (tertiary/aromatic N) is 3. The first-order valence-corrected chi connectivity index (χ1v) is 7.49. The van der Waals surface area contributed by atoms with Crippen LogP contribution >= 0.6 is 11.3 Å². The van der Waals surface area contributed by atoms with Crippen LogP contribution in [0.1, 0.15) is 50.0 Å². The normalized spacial score (nSPS) is 13.7. The highest BCUT2D eigenvalue weighted by Gasteiger charge is 2.22. The minimum absolute atomic E-state index is 0.0979. The summed E-state index contributed by atoms with van der Waals surface area (Å²) < 4.78 is 1.94. The SMILES string of the molecule is CCn1cc(C(NC)c2nc(C(C)(C)C)cs2)cn1. The molecule has 2 aromatic heterocycles. The smallest absolute Gasteiger partial charge is 0.115 e. The van der Waals surface area contributed by atoms with Crippen LogP contribution in [0.15, 0.2) is 17.8 Å². The number of rotatable bonds is 4. The second-order valence-electron chi connectivity index (χ2n) is 5.67. The molecule has 104 valence electrons. The fraction of sp³-hybridized carbons (Fsp3) is 0.571. The predicted octanol–water partition coefficient (Wildman–Crippen LogP) is 2.97. The van der Waals surface area contributed by atoms with Crippen LogP contribution in [-0.2, 0) is 12.0 Å². The summed E-state index contributed by atoms with van der Waals surface area (Å²) in [7, 11) is 1.96. The first-order chi connectivity index (χ1) is 8.95. The molecule has 2 aromatic rings. The van der Waals surface area contributed by atoms with Crippen molar-refractivity contribution in [2.45, 2.75) is 45.7 Å². The van der Waals surface area contributed by atoms with E-state index in [1.54, 1.807) is 11.3 Å². The van der Waals surface area contributed by atoms with Gasteiger partial charge in [-0.1, -0.05) is 20.8 Å². The number of hydrogen-bond donors (Lipinski definition) is 1. The van der Waals surface area contributed by atoms with Crippen molar-refractivity contribution in [2.75, 3.05) is 7.05 Å². The van der Waals surface area contributed by atoms with Crippen molar-refractivity contribution in [3.05, 3.63) is 34.0 Å². The van der Waals surface area contributed by atoms with E-state index in [2.05, 4.69) is 49.7 Å².